The van der Waals surface area contributed by atoms with E-state index in [1.165, 1.54) is 83.5 Å². The first-order chi connectivity index (χ1) is 11.5. The van der Waals surface area contributed by atoms with Crippen molar-refractivity contribution < 1.29 is 26.4 Å². The molecule has 0 spiro atoms. The number of unbranched alkanes of at least 4 members (excludes halogenated alkanes) is 13. The lowest BCUT2D eigenvalue weighted by Gasteiger charge is -2.22. The maximum Gasteiger partial charge on any atom is 0.361 e. The number of carbonyl (C=O) groups is 1. The lowest BCUT2D eigenvalue weighted by atomic mass is 10.0. The summed E-state index contributed by atoms with van der Waals surface area (Å²) in [5, 5.41) is 0. The first-order valence-corrected chi connectivity index (χ1v) is 10.4. The molecule has 0 aliphatic carbocycles. The van der Waals surface area contributed by atoms with E-state index < -0.39 is 0 Å². The summed E-state index contributed by atoms with van der Waals surface area (Å²) in [7, 11) is 6.02. The highest BCUT2D eigenvalue weighted by Crippen LogP contribution is 2.12. The van der Waals surface area contributed by atoms with Crippen LogP contribution in [0, 0.1) is 0 Å². The molecule has 0 amide bonds. The quantitative estimate of drug-likeness (QED) is 0.221. The zero-order chi connectivity index (χ0) is 18.1. The summed E-state index contributed by atoms with van der Waals surface area (Å²) in [5.41, 5.74) is 0. The van der Waals surface area contributed by atoms with Gasteiger partial charge in [-0.25, -0.2) is 4.79 Å². The number of rotatable bonds is 17. The van der Waals surface area contributed by atoms with Crippen LogP contribution in [0.1, 0.15) is 96.8 Å². The van der Waals surface area contributed by atoms with Crippen LogP contribution in [0.2, 0.25) is 0 Å². The Bertz CT molecular complexity index is 290. The van der Waals surface area contributed by atoms with E-state index in [2.05, 4.69) is 6.92 Å². The molecule has 3 nitrogen and oxygen atoms in total. The molecule has 0 bridgehead atoms. The van der Waals surface area contributed by atoms with Gasteiger partial charge in [-0.05, 0) is 6.42 Å². The Morgan fingerprint density at radius 2 is 1.04 bits per heavy atom. The minimum atomic E-state index is -0.0720. The Kier molecular flexibility index (Phi) is 19.9. The second-order valence-electron chi connectivity index (χ2n) is 8.27. The molecule has 0 aliphatic rings. The van der Waals surface area contributed by atoms with Crippen molar-refractivity contribution in [2.45, 2.75) is 96.8 Å². The van der Waals surface area contributed by atoms with E-state index in [0.717, 1.165) is 6.42 Å². The number of hydrogen-bond acceptors (Lipinski definition) is 2. The summed E-state index contributed by atoms with van der Waals surface area (Å²) in [4.78, 5) is 11.6. The third-order valence-corrected chi connectivity index (χ3v) is 4.36. The van der Waals surface area contributed by atoms with E-state index in [-0.39, 0.29) is 18.4 Å². The van der Waals surface area contributed by atoms with Crippen LogP contribution < -0.4 is 12.4 Å². The van der Waals surface area contributed by atoms with Crippen molar-refractivity contribution in [2.24, 2.45) is 0 Å². The van der Waals surface area contributed by atoms with Gasteiger partial charge < -0.3 is 21.6 Å². The summed E-state index contributed by atoms with van der Waals surface area (Å²) in [5.74, 6) is -0.0720. The molecule has 0 aromatic carbocycles. The molecule has 0 aromatic heterocycles. The molecule has 0 aromatic rings. The molecule has 0 aliphatic heterocycles. The number of hydrogen-bond donors (Lipinski definition) is 0. The molecule has 0 radical (unpaired) electrons. The van der Waals surface area contributed by atoms with Crippen molar-refractivity contribution in [3.63, 3.8) is 0 Å². The van der Waals surface area contributed by atoms with Gasteiger partial charge in [0.25, 0.3) is 0 Å². The van der Waals surface area contributed by atoms with Crippen LogP contribution in [0.3, 0.4) is 0 Å². The van der Waals surface area contributed by atoms with Gasteiger partial charge in [-0.1, -0.05) is 90.4 Å². The number of nitrogens with zero attached hydrogens (tertiary/aromatic N) is 1. The molecule has 152 valence electrons. The van der Waals surface area contributed by atoms with Gasteiger partial charge in [0.05, 0.1) is 27.7 Å². The first-order valence-electron chi connectivity index (χ1n) is 10.4. The Balaban J connectivity index is 0. The second-order valence-corrected chi connectivity index (χ2v) is 8.27. The third-order valence-electron chi connectivity index (χ3n) is 4.36. The lowest BCUT2D eigenvalue weighted by Crippen LogP contribution is -3.00. The van der Waals surface area contributed by atoms with Crippen LogP contribution >= 0.6 is 0 Å². The van der Waals surface area contributed by atoms with Gasteiger partial charge in [-0.15, -0.1) is 0 Å². The molecule has 0 fully saturated rings. The molecule has 0 rings (SSSR count). The van der Waals surface area contributed by atoms with Crippen molar-refractivity contribution in [1.82, 2.24) is 0 Å². The van der Waals surface area contributed by atoms with Crippen LogP contribution in [-0.4, -0.2) is 44.7 Å². The van der Waals surface area contributed by atoms with Gasteiger partial charge in [-0.2, -0.15) is 0 Å². The zero-order valence-corrected chi connectivity index (χ0v) is 18.2. The highest BCUT2D eigenvalue weighted by atomic mass is 35.5. The van der Waals surface area contributed by atoms with E-state index in [4.69, 9.17) is 4.74 Å². The normalized spacial score (nSPS) is 11.2. The summed E-state index contributed by atoms with van der Waals surface area (Å²) >= 11 is 0. The minimum Gasteiger partial charge on any atom is -1.00 e. The van der Waals surface area contributed by atoms with Crippen LogP contribution in [0.25, 0.3) is 0 Å². The third kappa shape index (κ3) is 23.7. The molecular formula is C21H44ClNO2. The monoisotopic (exact) mass is 377 g/mol. The Hall–Kier alpha value is -0.280. The zero-order valence-electron chi connectivity index (χ0n) is 17.5. The predicted octanol–water partition coefficient (Wildman–Crippen LogP) is 2.72. The fraction of sp³-hybridized carbons (Fsp3) is 0.952. The van der Waals surface area contributed by atoms with Gasteiger partial charge in [0.2, 0.25) is 0 Å². The highest BCUT2D eigenvalue weighted by molar-refractivity contribution is 5.70. The van der Waals surface area contributed by atoms with Crippen molar-refractivity contribution in [3.8, 4) is 0 Å². The molecule has 0 heterocycles. The van der Waals surface area contributed by atoms with E-state index in [1.807, 2.05) is 21.1 Å². The fourth-order valence-corrected chi connectivity index (χ4v) is 2.92. The highest BCUT2D eigenvalue weighted by Gasteiger charge is 2.14. The number of carbonyl (C=O) groups excluding carboxylic acids is 1. The molecule has 4 heteroatoms. The average Bonchev–Trinajstić information content (AvgIpc) is 2.49. The predicted molar refractivity (Wildman–Crippen MR) is 104 cm³/mol. The smallest absolute Gasteiger partial charge is 0.361 e. The number of quaternary nitrogens is 1. The van der Waals surface area contributed by atoms with E-state index >= 15 is 0 Å². The van der Waals surface area contributed by atoms with Crippen LogP contribution in [-0.2, 0) is 9.53 Å². The molecule has 25 heavy (non-hydrogen) atoms. The van der Waals surface area contributed by atoms with Crippen LogP contribution in [0.4, 0.5) is 0 Å². The number of likely N-dealkylation sites (N-methyl/N-ethyl adjacent to an activating group) is 1. The van der Waals surface area contributed by atoms with Crippen molar-refractivity contribution in [3.05, 3.63) is 0 Å². The van der Waals surface area contributed by atoms with Crippen molar-refractivity contribution in [2.75, 3.05) is 34.3 Å². The summed E-state index contributed by atoms with van der Waals surface area (Å²) in [6.45, 7) is 3.33. The van der Waals surface area contributed by atoms with Gasteiger partial charge in [0.1, 0.15) is 0 Å². The van der Waals surface area contributed by atoms with Crippen molar-refractivity contribution in [1.29, 1.82) is 0 Å². The Morgan fingerprint density at radius 1 is 0.680 bits per heavy atom. The van der Waals surface area contributed by atoms with Gasteiger partial charge in [0, 0.05) is 0 Å². The molecule has 0 atom stereocenters. The number of esters is 1. The Morgan fingerprint density at radius 3 is 1.40 bits per heavy atom. The van der Waals surface area contributed by atoms with Gasteiger partial charge >= 0.3 is 5.97 Å². The Labute approximate surface area is 163 Å². The maximum atomic E-state index is 11.6. The molecular weight excluding hydrogens is 334 g/mol. The first kappa shape index (κ1) is 26.9. The summed E-state index contributed by atoms with van der Waals surface area (Å²) in [6, 6.07) is 0. The molecule has 0 N–H and O–H groups in total. The van der Waals surface area contributed by atoms with E-state index in [0.29, 0.717) is 17.6 Å². The van der Waals surface area contributed by atoms with E-state index in [9.17, 15) is 4.79 Å². The van der Waals surface area contributed by atoms with Crippen LogP contribution in [0.15, 0.2) is 0 Å². The average molecular weight is 378 g/mol. The van der Waals surface area contributed by atoms with E-state index in [1.54, 1.807) is 0 Å². The van der Waals surface area contributed by atoms with Gasteiger partial charge in [-0.3, -0.25) is 0 Å². The largest absolute Gasteiger partial charge is 1.00 e. The fourth-order valence-electron chi connectivity index (χ4n) is 2.92. The SMILES string of the molecule is CCCCCCCCCCCCCCCCOC(=O)C[N+](C)(C)C.[Cl-]. The molecule has 0 saturated carbocycles. The van der Waals surface area contributed by atoms with Crippen LogP contribution in [0.5, 0.6) is 0 Å². The second kappa shape index (κ2) is 18.5. The van der Waals surface area contributed by atoms with Gasteiger partial charge in [0.15, 0.2) is 6.54 Å². The number of halogens is 1. The minimum absolute atomic E-state index is 0. The molecule has 0 saturated heterocycles. The summed E-state index contributed by atoms with van der Waals surface area (Å²) < 4.78 is 5.91. The topological polar surface area (TPSA) is 26.3 Å². The maximum absolute atomic E-state index is 11.6. The standard InChI is InChI=1S/C21H44NO2.ClH/c1-5-6-7-8-9-10-11-12-13-14-15-16-17-18-19-24-21(23)20-22(2,3)4;/h5-20H2,1-4H3;1H/q+1;/p-1. The number of ether oxygens (including phenoxy) is 1. The lowest BCUT2D eigenvalue weighted by molar-refractivity contribution is -0.862. The van der Waals surface area contributed by atoms with Crippen molar-refractivity contribution >= 4 is 5.97 Å². The molecule has 0 unspecified atom stereocenters. The summed E-state index contributed by atoms with van der Waals surface area (Å²) in [6.07, 6.45) is 18.9.